The normalized spacial score (nSPS) is 9.70. The Labute approximate surface area is 129 Å². The molecule has 23 heavy (non-hydrogen) atoms. The van der Waals surface area contributed by atoms with E-state index in [0.29, 0.717) is 0 Å². The van der Waals surface area contributed by atoms with E-state index >= 15 is 0 Å². The predicted molar refractivity (Wildman–Crippen MR) is 77.6 cm³/mol. The van der Waals surface area contributed by atoms with Gasteiger partial charge in [-0.3, -0.25) is 10.1 Å². The highest BCUT2D eigenvalue weighted by atomic mass is 16.6. The maximum absolute atomic E-state index is 11.9. The van der Waals surface area contributed by atoms with Crippen LogP contribution in [0.15, 0.2) is 24.4 Å². The minimum absolute atomic E-state index is 0.0210. The van der Waals surface area contributed by atoms with Crippen molar-refractivity contribution in [3.05, 3.63) is 51.3 Å². The number of carbonyl (C=O) groups excluding carboxylic acids is 1. The Hall–Kier alpha value is -3.85. The maximum Gasteiger partial charge on any atom is 0.357 e. The summed E-state index contributed by atoms with van der Waals surface area (Å²) >= 11 is 0. The van der Waals surface area contributed by atoms with E-state index in [2.05, 4.69) is 4.74 Å². The topological polar surface area (TPSA) is 148 Å². The van der Waals surface area contributed by atoms with Gasteiger partial charge in [0.15, 0.2) is 5.69 Å². The summed E-state index contributed by atoms with van der Waals surface area (Å²) in [5.74, 6) is -0.800. The number of nitrogen functional groups attached to an aromatic ring is 1. The number of esters is 1. The molecule has 9 heteroatoms. The Morgan fingerprint density at radius 2 is 2.00 bits per heavy atom. The fourth-order valence-electron chi connectivity index (χ4n) is 2.04. The molecule has 0 saturated carbocycles. The minimum atomic E-state index is -0.800. The van der Waals surface area contributed by atoms with Gasteiger partial charge in [0.25, 0.3) is 5.69 Å². The van der Waals surface area contributed by atoms with Gasteiger partial charge in [0, 0.05) is 18.3 Å². The largest absolute Gasteiger partial charge is 0.464 e. The number of anilines is 1. The molecule has 114 valence electrons. The summed E-state index contributed by atoms with van der Waals surface area (Å²) in [4.78, 5) is 22.1. The Morgan fingerprint density at radius 3 is 2.52 bits per heavy atom. The van der Waals surface area contributed by atoms with Crippen molar-refractivity contribution in [3.63, 3.8) is 0 Å². The van der Waals surface area contributed by atoms with Crippen molar-refractivity contribution in [1.82, 2.24) is 4.57 Å². The zero-order valence-electron chi connectivity index (χ0n) is 11.8. The lowest BCUT2D eigenvalue weighted by molar-refractivity contribution is -0.384. The monoisotopic (exact) mass is 311 g/mol. The molecule has 1 aromatic carbocycles. The second-order valence-electron chi connectivity index (χ2n) is 4.35. The lowest BCUT2D eigenvalue weighted by Crippen LogP contribution is -2.12. The molecule has 0 saturated heterocycles. The quantitative estimate of drug-likeness (QED) is 0.512. The van der Waals surface area contributed by atoms with Crippen molar-refractivity contribution in [2.45, 2.75) is 0 Å². The minimum Gasteiger partial charge on any atom is -0.464 e. The number of hydrogen-bond donors (Lipinski definition) is 1. The second kappa shape index (κ2) is 5.87. The zero-order chi connectivity index (χ0) is 17.1. The van der Waals surface area contributed by atoms with Crippen LogP contribution >= 0.6 is 0 Å². The van der Waals surface area contributed by atoms with E-state index in [1.807, 2.05) is 12.1 Å². The summed E-state index contributed by atoms with van der Waals surface area (Å²) in [6, 6.07) is 7.19. The predicted octanol–water partition coefficient (Wildman–Crippen LogP) is 1.50. The lowest BCUT2D eigenvalue weighted by atomic mass is 10.1. The number of rotatable bonds is 3. The molecule has 0 unspecified atom stereocenters. The Kier molecular flexibility index (Phi) is 3.97. The van der Waals surface area contributed by atoms with Crippen LogP contribution in [-0.4, -0.2) is 22.6 Å². The number of nitrogens with two attached hydrogens (primary N) is 1. The van der Waals surface area contributed by atoms with Crippen LogP contribution in [0.4, 0.5) is 11.4 Å². The molecular weight excluding hydrogens is 302 g/mol. The van der Waals surface area contributed by atoms with Gasteiger partial charge < -0.3 is 15.0 Å². The van der Waals surface area contributed by atoms with E-state index in [-0.39, 0.29) is 33.9 Å². The molecule has 2 aromatic rings. The van der Waals surface area contributed by atoms with Crippen molar-refractivity contribution >= 4 is 17.3 Å². The number of benzene rings is 1. The molecule has 1 aromatic heterocycles. The van der Waals surface area contributed by atoms with E-state index in [1.54, 1.807) is 0 Å². The Bertz CT molecular complexity index is 901. The fraction of sp³-hybridized carbons (Fsp3) is 0.0714. The van der Waals surface area contributed by atoms with Gasteiger partial charge in [-0.05, 0) is 6.07 Å². The summed E-state index contributed by atoms with van der Waals surface area (Å²) < 4.78 is 5.84. The molecule has 0 amide bonds. The number of carbonyl (C=O) groups is 1. The third kappa shape index (κ3) is 2.54. The summed E-state index contributed by atoms with van der Waals surface area (Å²) in [5, 5.41) is 29.1. The molecule has 2 rings (SSSR count). The van der Waals surface area contributed by atoms with Gasteiger partial charge in [0.2, 0.25) is 0 Å². The Balaban J connectivity index is 2.77. The van der Waals surface area contributed by atoms with E-state index in [4.69, 9.17) is 11.0 Å². The molecule has 0 radical (unpaired) electrons. The number of ether oxygens (including phenoxy) is 1. The van der Waals surface area contributed by atoms with Gasteiger partial charge in [-0.1, -0.05) is 0 Å². The van der Waals surface area contributed by atoms with Crippen LogP contribution in [0.5, 0.6) is 0 Å². The fourth-order valence-corrected chi connectivity index (χ4v) is 2.04. The first kappa shape index (κ1) is 15.5. The highest BCUT2D eigenvalue weighted by Crippen LogP contribution is 2.28. The third-order valence-electron chi connectivity index (χ3n) is 3.11. The average Bonchev–Trinajstić information content (AvgIpc) is 2.89. The van der Waals surface area contributed by atoms with Crippen LogP contribution in [0.2, 0.25) is 0 Å². The molecule has 0 aliphatic heterocycles. The second-order valence-corrected chi connectivity index (χ2v) is 4.35. The number of nitro benzene ring substituents is 1. The van der Waals surface area contributed by atoms with Crippen LogP contribution in [0, 0.1) is 32.8 Å². The highest BCUT2D eigenvalue weighted by Gasteiger charge is 2.23. The van der Waals surface area contributed by atoms with Crippen molar-refractivity contribution < 1.29 is 14.5 Å². The van der Waals surface area contributed by atoms with E-state index in [1.165, 1.54) is 22.9 Å². The molecule has 0 spiro atoms. The van der Waals surface area contributed by atoms with Gasteiger partial charge >= 0.3 is 5.97 Å². The molecule has 1 heterocycles. The molecule has 0 bridgehead atoms. The number of nitro groups is 1. The van der Waals surface area contributed by atoms with E-state index < -0.39 is 10.9 Å². The standard InChI is InChI=1S/C14H9N5O4/c1-23-14(20)13-12(17)9(6-16)7-18(13)11-3-2-10(19(21)22)4-8(11)5-15/h2-4,7H,17H2,1H3. The van der Waals surface area contributed by atoms with Crippen LogP contribution < -0.4 is 5.73 Å². The van der Waals surface area contributed by atoms with Gasteiger partial charge in [-0.15, -0.1) is 0 Å². The van der Waals surface area contributed by atoms with E-state index in [0.717, 1.165) is 13.2 Å². The molecule has 0 atom stereocenters. The molecular formula is C14H9N5O4. The molecule has 0 fully saturated rings. The first-order valence-electron chi connectivity index (χ1n) is 6.12. The summed E-state index contributed by atoms with van der Waals surface area (Å²) in [6.07, 6.45) is 1.27. The summed E-state index contributed by atoms with van der Waals surface area (Å²) in [6.45, 7) is 0. The van der Waals surface area contributed by atoms with Gasteiger partial charge in [0.1, 0.15) is 12.1 Å². The SMILES string of the molecule is COC(=O)c1c(N)c(C#N)cn1-c1ccc([N+](=O)[O-])cc1C#N. The van der Waals surface area contributed by atoms with Crippen LogP contribution in [0.25, 0.3) is 5.69 Å². The average molecular weight is 311 g/mol. The van der Waals surface area contributed by atoms with Crippen molar-refractivity contribution in [2.24, 2.45) is 0 Å². The number of nitrogens with zero attached hydrogens (tertiary/aromatic N) is 4. The number of hydrogen-bond acceptors (Lipinski definition) is 7. The summed E-state index contributed by atoms with van der Waals surface area (Å²) in [5.41, 5.74) is 5.41. The number of methoxy groups -OCH3 is 1. The van der Waals surface area contributed by atoms with Gasteiger partial charge in [0.05, 0.1) is 34.5 Å². The first-order valence-corrected chi connectivity index (χ1v) is 6.12. The maximum atomic E-state index is 11.9. The van der Waals surface area contributed by atoms with Crippen molar-refractivity contribution in [2.75, 3.05) is 12.8 Å². The van der Waals surface area contributed by atoms with Crippen molar-refractivity contribution in [1.29, 1.82) is 10.5 Å². The zero-order valence-corrected chi connectivity index (χ0v) is 11.8. The highest BCUT2D eigenvalue weighted by molar-refractivity contribution is 5.96. The third-order valence-corrected chi connectivity index (χ3v) is 3.11. The number of nitriles is 2. The number of non-ortho nitro benzene ring substituents is 1. The Morgan fingerprint density at radius 1 is 1.35 bits per heavy atom. The lowest BCUT2D eigenvalue weighted by Gasteiger charge is -2.09. The van der Waals surface area contributed by atoms with E-state index in [9.17, 15) is 20.2 Å². The smallest absolute Gasteiger partial charge is 0.357 e. The molecule has 0 aliphatic carbocycles. The van der Waals surface area contributed by atoms with Crippen LogP contribution in [0.1, 0.15) is 21.6 Å². The molecule has 2 N–H and O–H groups in total. The van der Waals surface area contributed by atoms with Crippen molar-refractivity contribution in [3.8, 4) is 17.8 Å². The first-order chi connectivity index (χ1) is 10.9. The molecule has 0 aliphatic rings. The molecule has 9 nitrogen and oxygen atoms in total. The van der Waals surface area contributed by atoms with Crippen LogP contribution in [0.3, 0.4) is 0 Å². The number of aromatic nitrogens is 1. The van der Waals surface area contributed by atoms with Gasteiger partial charge in [-0.2, -0.15) is 10.5 Å². The summed E-state index contributed by atoms with van der Waals surface area (Å²) in [7, 11) is 1.15. The van der Waals surface area contributed by atoms with Gasteiger partial charge in [-0.25, -0.2) is 4.79 Å². The van der Waals surface area contributed by atoms with Crippen LogP contribution in [-0.2, 0) is 4.74 Å².